The van der Waals surface area contributed by atoms with Gasteiger partial charge in [-0.15, -0.1) is 0 Å². The molecule has 1 heterocycles. The third kappa shape index (κ3) is 12.1. The van der Waals surface area contributed by atoms with Gasteiger partial charge in [-0.05, 0) is 19.8 Å². The number of oxime groups is 1. The van der Waals surface area contributed by atoms with Gasteiger partial charge < -0.3 is 5.21 Å². The number of aromatic nitrogens is 2. The smallest absolute Gasteiger partial charge is 0.244 e. The molecule has 0 fully saturated rings. The van der Waals surface area contributed by atoms with E-state index in [1.165, 1.54) is 89.9 Å². The van der Waals surface area contributed by atoms with Crippen molar-refractivity contribution < 1.29 is 9.77 Å². The van der Waals surface area contributed by atoms with Gasteiger partial charge in [0, 0.05) is 0 Å². The molecule has 0 aromatic carbocycles. The first-order valence-electron chi connectivity index (χ1n) is 11.0. The molecular weight excluding hydrogens is 322 g/mol. The van der Waals surface area contributed by atoms with Crippen molar-refractivity contribution in [3.05, 3.63) is 18.7 Å². The molecule has 1 N–H and O–H groups in total. The molecular formula is C22H42N3O+. The van der Waals surface area contributed by atoms with Gasteiger partial charge in [0.2, 0.25) is 6.33 Å². The summed E-state index contributed by atoms with van der Waals surface area (Å²) in [6.45, 7) is 5.85. The van der Waals surface area contributed by atoms with Gasteiger partial charge in [-0.1, -0.05) is 89.1 Å². The van der Waals surface area contributed by atoms with Gasteiger partial charge in [0.15, 0.2) is 0 Å². The Kier molecular flexibility index (Phi) is 13.9. The van der Waals surface area contributed by atoms with Crippen molar-refractivity contribution in [1.29, 1.82) is 0 Å². The van der Waals surface area contributed by atoms with Crippen molar-refractivity contribution in [2.45, 2.75) is 117 Å². The van der Waals surface area contributed by atoms with E-state index in [1.807, 2.05) is 13.1 Å². The molecule has 0 aliphatic heterocycles. The van der Waals surface area contributed by atoms with E-state index in [9.17, 15) is 0 Å². The maximum absolute atomic E-state index is 8.71. The van der Waals surface area contributed by atoms with E-state index in [4.69, 9.17) is 5.21 Å². The van der Waals surface area contributed by atoms with Gasteiger partial charge in [0.1, 0.15) is 18.9 Å². The van der Waals surface area contributed by atoms with Crippen LogP contribution in [0.1, 0.15) is 104 Å². The van der Waals surface area contributed by atoms with Crippen molar-refractivity contribution in [3.8, 4) is 0 Å². The second-order valence-corrected chi connectivity index (χ2v) is 7.76. The third-order valence-electron chi connectivity index (χ3n) is 5.10. The lowest BCUT2D eigenvalue weighted by molar-refractivity contribution is -0.681. The number of aryl methyl sites for hydroxylation is 1. The Balaban J connectivity index is 1.86. The summed E-state index contributed by atoms with van der Waals surface area (Å²) in [5.41, 5.74) is 0.726. The topological polar surface area (TPSA) is 41.4 Å². The lowest BCUT2D eigenvalue weighted by Gasteiger charge is -2.03. The van der Waals surface area contributed by atoms with Crippen molar-refractivity contribution in [2.24, 2.45) is 5.16 Å². The first-order valence-corrected chi connectivity index (χ1v) is 11.0. The van der Waals surface area contributed by atoms with E-state index in [-0.39, 0.29) is 0 Å². The van der Waals surface area contributed by atoms with E-state index in [2.05, 4.69) is 33.7 Å². The maximum atomic E-state index is 8.71. The molecule has 0 atom stereocenters. The van der Waals surface area contributed by atoms with E-state index >= 15 is 0 Å². The van der Waals surface area contributed by atoms with Crippen LogP contribution in [0, 0.1) is 0 Å². The summed E-state index contributed by atoms with van der Waals surface area (Å²) in [5.74, 6) is 0. The van der Waals surface area contributed by atoms with Gasteiger partial charge in [-0.3, -0.25) is 0 Å². The van der Waals surface area contributed by atoms with E-state index in [1.54, 1.807) is 0 Å². The van der Waals surface area contributed by atoms with Gasteiger partial charge in [0.25, 0.3) is 0 Å². The molecule has 0 aliphatic carbocycles. The highest BCUT2D eigenvalue weighted by atomic mass is 16.4. The molecule has 0 aliphatic rings. The highest BCUT2D eigenvalue weighted by molar-refractivity contribution is 5.79. The number of nitrogens with zero attached hydrogens (tertiary/aromatic N) is 3. The van der Waals surface area contributed by atoms with Crippen LogP contribution in [0.15, 0.2) is 23.9 Å². The summed E-state index contributed by atoms with van der Waals surface area (Å²) in [5, 5.41) is 11.9. The van der Waals surface area contributed by atoms with Crippen LogP contribution in [0.25, 0.3) is 0 Å². The van der Waals surface area contributed by atoms with Gasteiger partial charge in [-0.2, -0.15) is 0 Å². The van der Waals surface area contributed by atoms with Crippen LogP contribution >= 0.6 is 0 Å². The predicted octanol–water partition coefficient (Wildman–Crippen LogP) is 6.11. The number of imidazole rings is 1. The molecule has 26 heavy (non-hydrogen) atoms. The zero-order valence-electron chi connectivity index (χ0n) is 17.3. The Labute approximate surface area is 161 Å². The molecule has 150 valence electrons. The second kappa shape index (κ2) is 15.9. The average Bonchev–Trinajstić information content (AvgIpc) is 3.09. The van der Waals surface area contributed by atoms with E-state index < -0.39 is 0 Å². The minimum atomic E-state index is 0.655. The molecule has 1 aromatic rings. The van der Waals surface area contributed by atoms with Crippen LogP contribution in [0.5, 0.6) is 0 Å². The predicted molar refractivity (Wildman–Crippen MR) is 110 cm³/mol. The number of hydrogen-bond acceptors (Lipinski definition) is 2. The first kappa shape index (κ1) is 22.7. The Bertz CT molecular complexity index is 468. The Morgan fingerprint density at radius 3 is 1.85 bits per heavy atom. The van der Waals surface area contributed by atoms with E-state index in [0.29, 0.717) is 6.54 Å². The van der Waals surface area contributed by atoms with Crippen LogP contribution in [0.3, 0.4) is 0 Å². The summed E-state index contributed by atoms with van der Waals surface area (Å²) in [4.78, 5) is 0. The Morgan fingerprint density at radius 2 is 1.35 bits per heavy atom. The van der Waals surface area contributed by atoms with Crippen LogP contribution in [0.4, 0.5) is 0 Å². The fraction of sp³-hybridized carbons (Fsp3) is 0.818. The maximum Gasteiger partial charge on any atom is 0.244 e. The minimum Gasteiger partial charge on any atom is -0.411 e. The quantitative estimate of drug-likeness (QED) is 0.117. The largest absolute Gasteiger partial charge is 0.411 e. The zero-order valence-corrected chi connectivity index (χ0v) is 17.3. The standard InChI is InChI=1S/C22H41N3O/c1-3-4-5-6-7-8-9-10-11-12-13-14-15-16-17-24-18-19-25(21-24)20-22(2)23-26/h18-19,21H,3-17,20H2,1-2H3/p+1. The fourth-order valence-electron chi connectivity index (χ4n) is 3.45. The Morgan fingerprint density at radius 1 is 0.846 bits per heavy atom. The highest BCUT2D eigenvalue weighted by Crippen LogP contribution is 2.13. The third-order valence-corrected chi connectivity index (χ3v) is 5.10. The van der Waals surface area contributed by atoms with Gasteiger partial charge in [-0.25, -0.2) is 9.13 Å². The summed E-state index contributed by atoms with van der Waals surface area (Å²) >= 11 is 0. The number of rotatable bonds is 17. The second-order valence-electron chi connectivity index (χ2n) is 7.76. The summed E-state index contributed by atoms with van der Waals surface area (Å²) in [7, 11) is 0. The molecule has 0 unspecified atom stereocenters. The fourth-order valence-corrected chi connectivity index (χ4v) is 3.45. The van der Waals surface area contributed by atoms with Crippen LogP contribution in [-0.4, -0.2) is 15.5 Å². The van der Waals surface area contributed by atoms with E-state index in [0.717, 1.165) is 12.3 Å². The summed E-state index contributed by atoms with van der Waals surface area (Å²) in [6.07, 6.45) is 25.9. The number of unbranched alkanes of at least 4 members (excludes halogenated alkanes) is 13. The summed E-state index contributed by atoms with van der Waals surface area (Å²) < 4.78 is 4.28. The Hall–Kier alpha value is -1.32. The molecule has 4 nitrogen and oxygen atoms in total. The lowest BCUT2D eigenvalue weighted by Crippen LogP contribution is -2.34. The molecule has 0 bridgehead atoms. The highest BCUT2D eigenvalue weighted by Gasteiger charge is 2.05. The minimum absolute atomic E-state index is 0.655. The summed E-state index contributed by atoms with van der Waals surface area (Å²) in [6, 6.07) is 0. The van der Waals surface area contributed by atoms with Crippen LogP contribution < -0.4 is 4.57 Å². The van der Waals surface area contributed by atoms with Crippen molar-refractivity contribution in [2.75, 3.05) is 0 Å². The van der Waals surface area contributed by atoms with Crippen molar-refractivity contribution in [3.63, 3.8) is 0 Å². The molecule has 1 rings (SSSR count). The van der Waals surface area contributed by atoms with Crippen molar-refractivity contribution in [1.82, 2.24) is 4.57 Å². The molecule has 1 aromatic heterocycles. The molecule has 0 spiro atoms. The van der Waals surface area contributed by atoms with Crippen LogP contribution in [-0.2, 0) is 13.1 Å². The molecule has 0 amide bonds. The van der Waals surface area contributed by atoms with Crippen LogP contribution in [0.2, 0.25) is 0 Å². The molecule has 4 heteroatoms. The SMILES string of the molecule is CCCCCCCCCCCCCCCCn1cc[n+](CC(C)=NO)c1. The molecule has 0 saturated carbocycles. The van der Waals surface area contributed by atoms with Gasteiger partial charge in [0.05, 0.1) is 12.3 Å². The lowest BCUT2D eigenvalue weighted by atomic mass is 10.0. The monoisotopic (exact) mass is 364 g/mol. The molecule has 0 saturated heterocycles. The first-order chi connectivity index (χ1) is 12.8. The number of hydrogen-bond donors (Lipinski definition) is 1. The zero-order chi connectivity index (χ0) is 18.9. The van der Waals surface area contributed by atoms with Gasteiger partial charge >= 0.3 is 0 Å². The average molecular weight is 365 g/mol. The normalized spacial score (nSPS) is 12.0. The van der Waals surface area contributed by atoms with Crippen molar-refractivity contribution >= 4 is 5.71 Å². The molecule has 0 radical (unpaired) electrons.